The highest BCUT2D eigenvalue weighted by Gasteiger charge is 2.25. The smallest absolute Gasteiger partial charge is 0.201 e. The summed E-state index contributed by atoms with van der Waals surface area (Å²) in [7, 11) is 0. The Morgan fingerprint density at radius 2 is 1.86 bits per heavy atom. The van der Waals surface area contributed by atoms with Crippen LogP contribution in [0.3, 0.4) is 0 Å². The number of anilines is 1. The SMILES string of the molecule is CC(C)(C)n1c(N)nc2c1CCCC2. The van der Waals surface area contributed by atoms with Gasteiger partial charge in [0.1, 0.15) is 0 Å². The largest absolute Gasteiger partial charge is 0.369 e. The predicted octanol–water partition coefficient (Wildman–Crippen LogP) is 2.10. The van der Waals surface area contributed by atoms with Crippen molar-refractivity contribution in [2.75, 3.05) is 5.73 Å². The van der Waals surface area contributed by atoms with Gasteiger partial charge < -0.3 is 10.3 Å². The van der Waals surface area contributed by atoms with Gasteiger partial charge in [-0.15, -0.1) is 0 Å². The first kappa shape index (κ1) is 9.56. The van der Waals surface area contributed by atoms with Crippen LogP contribution in [0.4, 0.5) is 5.95 Å². The lowest BCUT2D eigenvalue weighted by molar-refractivity contribution is 0.385. The number of aromatic nitrogens is 2. The summed E-state index contributed by atoms with van der Waals surface area (Å²) in [6, 6.07) is 0. The van der Waals surface area contributed by atoms with E-state index in [1.165, 1.54) is 24.2 Å². The molecular weight excluding hydrogens is 174 g/mol. The molecule has 0 unspecified atom stereocenters. The van der Waals surface area contributed by atoms with Crippen molar-refractivity contribution in [3.05, 3.63) is 11.4 Å². The first-order valence-corrected chi connectivity index (χ1v) is 5.36. The van der Waals surface area contributed by atoms with Gasteiger partial charge in [0, 0.05) is 11.2 Å². The third-order valence-electron chi connectivity index (χ3n) is 2.83. The van der Waals surface area contributed by atoms with Gasteiger partial charge in [-0.3, -0.25) is 0 Å². The van der Waals surface area contributed by atoms with E-state index in [4.69, 9.17) is 5.73 Å². The molecule has 1 aliphatic carbocycles. The lowest BCUT2D eigenvalue weighted by atomic mass is 9.99. The van der Waals surface area contributed by atoms with Crippen LogP contribution in [0.15, 0.2) is 0 Å². The van der Waals surface area contributed by atoms with Crippen LogP contribution < -0.4 is 5.73 Å². The topological polar surface area (TPSA) is 43.8 Å². The number of imidazole rings is 1. The Labute approximate surface area is 85.3 Å². The number of fused-ring (bicyclic) bond motifs is 1. The zero-order valence-corrected chi connectivity index (χ0v) is 9.30. The lowest BCUT2D eigenvalue weighted by Crippen LogP contribution is -2.26. The van der Waals surface area contributed by atoms with Crippen molar-refractivity contribution in [1.29, 1.82) is 0 Å². The molecule has 78 valence electrons. The minimum Gasteiger partial charge on any atom is -0.369 e. The van der Waals surface area contributed by atoms with Gasteiger partial charge in [-0.25, -0.2) is 4.98 Å². The van der Waals surface area contributed by atoms with Crippen molar-refractivity contribution in [3.8, 4) is 0 Å². The molecule has 14 heavy (non-hydrogen) atoms. The molecule has 0 saturated carbocycles. The van der Waals surface area contributed by atoms with Gasteiger partial charge in [0.25, 0.3) is 0 Å². The summed E-state index contributed by atoms with van der Waals surface area (Å²) >= 11 is 0. The number of hydrogen-bond acceptors (Lipinski definition) is 2. The average molecular weight is 193 g/mol. The number of rotatable bonds is 0. The monoisotopic (exact) mass is 193 g/mol. The Kier molecular flexibility index (Phi) is 2.05. The third-order valence-corrected chi connectivity index (χ3v) is 2.83. The molecule has 0 bridgehead atoms. The van der Waals surface area contributed by atoms with Crippen LogP contribution in [0.1, 0.15) is 45.0 Å². The van der Waals surface area contributed by atoms with Crippen molar-refractivity contribution >= 4 is 5.95 Å². The Morgan fingerprint density at radius 3 is 2.50 bits per heavy atom. The summed E-state index contributed by atoms with van der Waals surface area (Å²) < 4.78 is 2.20. The molecule has 0 spiro atoms. The molecule has 1 aromatic rings. The maximum atomic E-state index is 5.96. The van der Waals surface area contributed by atoms with Gasteiger partial charge in [0.15, 0.2) is 0 Å². The summed E-state index contributed by atoms with van der Waals surface area (Å²) in [4.78, 5) is 4.46. The minimum absolute atomic E-state index is 0.0575. The van der Waals surface area contributed by atoms with Gasteiger partial charge in [0.2, 0.25) is 5.95 Å². The zero-order valence-electron chi connectivity index (χ0n) is 9.30. The summed E-state index contributed by atoms with van der Waals surface area (Å²) in [5.41, 5.74) is 8.60. The molecule has 1 aliphatic rings. The van der Waals surface area contributed by atoms with Crippen LogP contribution in [0.25, 0.3) is 0 Å². The van der Waals surface area contributed by atoms with Crippen LogP contribution in [-0.4, -0.2) is 9.55 Å². The van der Waals surface area contributed by atoms with Crippen LogP contribution in [0.2, 0.25) is 0 Å². The number of aryl methyl sites for hydroxylation is 1. The van der Waals surface area contributed by atoms with Crippen molar-refractivity contribution < 1.29 is 0 Å². The van der Waals surface area contributed by atoms with E-state index >= 15 is 0 Å². The van der Waals surface area contributed by atoms with Crippen molar-refractivity contribution in [3.63, 3.8) is 0 Å². The number of hydrogen-bond donors (Lipinski definition) is 1. The van der Waals surface area contributed by atoms with E-state index in [2.05, 4.69) is 30.3 Å². The molecule has 0 aromatic carbocycles. The van der Waals surface area contributed by atoms with Crippen LogP contribution in [0, 0.1) is 0 Å². The van der Waals surface area contributed by atoms with E-state index < -0.39 is 0 Å². The molecular formula is C11H19N3. The highest BCUT2D eigenvalue weighted by atomic mass is 15.2. The molecule has 0 amide bonds. The van der Waals surface area contributed by atoms with Gasteiger partial charge in [-0.2, -0.15) is 0 Å². The molecule has 0 saturated heterocycles. The summed E-state index contributed by atoms with van der Waals surface area (Å²) in [6.07, 6.45) is 4.77. The Morgan fingerprint density at radius 1 is 1.21 bits per heavy atom. The molecule has 0 radical (unpaired) electrons. The molecule has 3 nitrogen and oxygen atoms in total. The van der Waals surface area contributed by atoms with Crippen molar-refractivity contribution in [2.24, 2.45) is 0 Å². The second-order valence-corrected chi connectivity index (χ2v) is 5.08. The lowest BCUT2D eigenvalue weighted by Gasteiger charge is -2.26. The maximum Gasteiger partial charge on any atom is 0.201 e. The molecule has 1 aromatic heterocycles. The van der Waals surface area contributed by atoms with E-state index in [9.17, 15) is 0 Å². The molecule has 2 N–H and O–H groups in total. The normalized spacial score (nSPS) is 16.8. The van der Waals surface area contributed by atoms with E-state index in [-0.39, 0.29) is 5.54 Å². The number of nitrogens with zero attached hydrogens (tertiary/aromatic N) is 2. The third kappa shape index (κ3) is 1.41. The Balaban J connectivity index is 2.53. The molecule has 0 atom stereocenters. The first-order chi connectivity index (χ1) is 6.50. The van der Waals surface area contributed by atoms with Crippen LogP contribution >= 0.6 is 0 Å². The summed E-state index contributed by atoms with van der Waals surface area (Å²) in [5.74, 6) is 0.685. The van der Waals surface area contributed by atoms with Crippen LogP contribution in [0.5, 0.6) is 0 Å². The highest BCUT2D eigenvalue weighted by molar-refractivity contribution is 5.32. The van der Waals surface area contributed by atoms with Gasteiger partial charge in [-0.05, 0) is 46.5 Å². The Hall–Kier alpha value is -0.990. The van der Waals surface area contributed by atoms with Gasteiger partial charge in [-0.1, -0.05) is 0 Å². The first-order valence-electron chi connectivity index (χ1n) is 5.36. The molecule has 0 aliphatic heterocycles. The highest BCUT2D eigenvalue weighted by Crippen LogP contribution is 2.29. The maximum absolute atomic E-state index is 5.96. The quantitative estimate of drug-likeness (QED) is 0.685. The average Bonchev–Trinajstić information content (AvgIpc) is 2.38. The second kappa shape index (κ2) is 3.01. The van der Waals surface area contributed by atoms with Crippen LogP contribution in [-0.2, 0) is 18.4 Å². The standard InChI is InChI=1S/C11H19N3/c1-11(2,3)14-9-7-5-4-6-8(9)13-10(14)12/h4-7H2,1-3H3,(H2,12,13). The molecule has 0 fully saturated rings. The fourth-order valence-corrected chi connectivity index (χ4v) is 2.31. The van der Waals surface area contributed by atoms with E-state index in [1.807, 2.05) is 0 Å². The Bertz CT molecular complexity index is 344. The summed E-state index contributed by atoms with van der Waals surface area (Å²) in [5, 5.41) is 0. The fraction of sp³-hybridized carbons (Fsp3) is 0.727. The predicted molar refractivity (Wildman–Crippen MR) is 58.3 cm³/mol. The second-order valence-electron chi connectivity index (χ2n) is 5.08. The number of nitrogens with two attached hydrogens (primary N) is 1. The zero-order chi connectivity index (χ0) is 10.3. The van der Waals surface area contributed by atoms with Gasteiger partial charge in [0.05, 0.1) is 5.69 Å². The minimum atomic E-state index is 0.0575. The van der Waals surface area contributed by atoms with E-state index in [1.54, 1.807) is 0 Å². The number of nitrogen functional groups attached to an aromatic ring is 1. The molecule has 2 rings (SSSR count). The molecule has 1 heterocycles. The van der Waals surface area contributed by atoms with Crippen molar-refractivity contribution in [1.82, 2.24) is 9.55 Å². The summed E-state index contributed by atoms with van der Waals surface area (Å²) in [6.45, 7) is 6.54. The van der Waals surface area contributed by atoms with E-state index in [0.717, 1.165) is 12.8 Å². The molecule has 3 heteroatoms. The van der Waals surface area contributed by atoms with E-state index in [0.29, 0.717) is 5.95 Å². The van der Waals surface area contributed by atoms with Crippen molar-refractivity contribution in [2.45, 2.75) is 52.0 Å². The fourth-order valence-electron chi connectivity index (χ4n) is 2.31. The van der Waals surface area contributed by atoms with Gasteiger partial charge >= 0.3 is 0 Å².